The molecule has 2 atom stereocenters. The second kappa shape index (κ2) is 8.05. The van der Waals surface area contributed by atoms with E-state index in [-0.39, 0.29) is 17.5 Å². The number of amides is 1. The number of rotatable bonds is 4. The quantitative estimate of drug-likeness (QED) is 0.519. The highest BCUT2D eigenvalue weighted by Crippen LogP contribution is 2.24. The van der Waals surface area contributed by atoms with E-state index in [1.807, 2.05) is 36.6 Å². The highest BCUT2D eigenvalue weighted by molar-refractivity contribution is 7.98. The van der Waals surface area contributed by atoms with Crippen LogP contribution in [0.2, 0.25) is 0 Å². The SMILES string of the molecule is CSc1ccc(/C=C(\C#N)C(=O)N[C@H]2CCCC[C@@H]2C)cc1. The van der Waals surface area contributed by atoms with Gasteiger partial charge in [0.15, 0.2) is 0 Å². The zero-order valence-corrected chi connectivity index (χ0v) is 14.0. The standard InChI is InChI=1S/C18H22N2OS/c1-13-5-3-4-6-17(13)20-18(21)15(12-19)11-14-7-9-16(22-2)10-8-14/h7-11,13,17H,3-6H2,1-2H3,(H,20,21)/b15-11+/t13-,17-/m0/s1. The largest absolute Gasteiger partial charge is 0.348 e. The molecule has 1 aromatic carbocycles. The van der Waals surface area contributed by atoms with E-state index < -0.39 is 0 Å². The molecule has 1 aliphatic carbocycles. The van der Waals surface area contributed by atoms with E-state index in [2.05, 4.69) is 12.2 Å². The number of carbonyl (C=O) groups excluding carboxylic acids is 1. The van der Waals surface area contributed by atoms with Crippen LogP contribution in [0, 0.1) is 17.2 Å². The van der Waals surface area contributed by atoms with Crippen LogP contribution in [0.5, 0.6) is 0 Å². The summed E-state index contributed by atoms with van der Waals surface area (Å²) in [6.07, 6.45) is 8.21. The van der Waals surface area contributed by atoms with Crippen LogP contribution in [-0.4, -0.2) is 18.2 Å². The average Bonchev–Trinajstić information content (AvgIpc) is 2.55. The van der Waals surface area contributed by atoms with Crippen molar-refractivity contribution in [3.05, 3.63) is 35.4 Å². The van der Waals surface area contributed by atoms with Crippen molar-refractivity contribution in [2.75, 3.05) is 6.26 Å². The Bertz CT molecular complexity index is 586. The van der Waals surface area contributed by atoms with Gasteiger partial charge >= 0.3 is 0 Å². The maximum Gasteiger partial charge on any atom is 0.262 e. The first-order valence-corrected chi connectivity index (χ1v) is 8.93. The van der Waals surface area contributed by atoms with Crippen molar-refractivity contribution in [2.45, 2.75) is 43.5 Å². The molecule has 0 saturated heterocycles. The fraction of sp³-hybridized carbons (Fsp3) is 0.444. The third kappa shape index (κ3) is 4.38. The molecule has 22 heavy (non-hydrogen) atoms. The molecule has 1 saturated carbocycles. The Labute approximate surface area is 136 Å². The highest BCUT2D eigenvalue weighted by atomic mass is 32.2. The number of nitrogens with zero attached hydrogens (tertiary/aromatic N) is 1. The monoisotopic (exact) mass is 314 g/mol. The minimum absolute atomic E-state index is 0.176. The lowest BCUT2D eigenvalue weighted by Gasteiger charge is -2.29. The molecule has 3 nitrogen and oxygen atoms in total. The summed E-state index contributed by atoms with van der Waals surface area (Å²) in [5, 5.41) is 12.3. The van der Waals surface area contributed by atoms with E-state index in [0.29, 0.717) is 5.92 Å². The lowest BCUT2D eigenvalue weighted by atomic mass is 9.86. The van der Waals surface area contributed by atoms with Crippen molar-refractivity contribution >= 4 is 23.7 Å². The van der Waals surface area contributed by atoms with E-state index in [0.717, 1.165) is 29.7 Å². The Balaban J connectivity index is 2.07. The number of carbonyl (C=O) groups is 1. The van der Waals surface area contributed by atoms with Crippen molar-refractivity contribution in [1.82, 2.24) is 5.32 Å². The van der Waals surface area contributed by atoms with Gasteiger partial charge in [-0.3, -0.25) is 4.79 Å². The van der Waals surface area contributed by atoms with Gasteiger partial charge < -0.3 is 5.32 Å². The first-order chi connectivity index (χ1) is 10.6. The summed E-state index contributed by atoms with van der Waals surface area (Å²) in [6, 6.07) is 10.1. The number of hydrogen-bond donors (Lipinski definition) is 1. The minimum atomic E-state index is -0.254. The fourth-order valence-electron chi connectivity index (χ4n) is 2.79. The number of nitriles is 1. The van der Waals surface area contributed by atoms with Crippen LogP contribution in [0.4, 0.5) is 0 Å². The molecule has 1 amide bonds. The molecular formula is C18H22N2OS. The molecule has 0 unspecified atom stereocenters. The molecule has 1 aliphatic rings. The Morgan fingerprint density at radius 2 is 2.00 bits per heavy atom. The van der Waals surface area contributed by atoms with Crippen LogP contribution < -0.4 is 5.32 Å². The second-order valence-corrected chi connectivity index (χ2v) is 6.66. The van der Waals surface area contributed by atoms with Crippen LogP contribution >= 0.6 is 11.8 Å². The lowest BCUT2D eigenvalue weighted by Crippen LogP contribution is -2.41. The van der Waals surface area contributed by atoms with Crippen LogP contribution in [0.25, 0.3) is 6.08 Å². The van der Waals surface area contributed by atoms with E-state index in [4.69, 9.17) is 0 Å². The first kappa shape index (κ1) is 16.6. The molecule has 2 rings (SSSR count). The van der Waals surface area contributed by atoms with Crippen molar-refractivity contribution < 1.29 is 4.79 Å². The van der Waals surface area contributed by atoms with E-state index in [1.54, 1.807) is 17.8 Å². The second-order valence-electron chi connectivity index (χ2n) is 5.78. The normalized spacial score (nSPS) is 22.0. The van der Waals surface area contributed by atoms with E-state index in [1.165, 1.54) is 6.42 Å². The molecule has 1 fully saturated rings. The Morgan fingerprint density at radius 3 is 2.59 bits per heavy atom. The summed E-state index contributed by atoms with van der Waals surface area (Å²) in [4.78, 5) is 13.5. The predicted molar refractivity (Wildman–Crippen MR) is 91.4 cm³/mol. The molecule has 0 aliphatic heterocycles. The summed E-state index contributed by atoms with van der Waals surface area (Å²) in [5.74, 6) is 0.230. The zero-order chi connectivity index (χ0) is 15.9. The van der Waals surface area contributed by atoms with Crippen LogP contribution in [-0.2, 0) is 4.79 Å². The van der Waals surface area contributed by atoms with E-state index in [9.17, 15) is 10.1 Å². The molecule has 1 N–H and O–H groups in total. The van der Waals surface area contributed by atoms with Crippen molar-refractivity contribution in [3.8, 4) is 6.07 Å². The number of benzene rings is 1. The molecule has 116 valence electrons. The van der Waals surface area contributed by atoms with Crippen molar-refractivity contribution in [1.29, 1.82) is 5.26 Å². The number of hydrogen-bond acceptors (Lipinski definition) is 3. The van der Waals surface area contributed by atoms with Gasteiger partial charge in [-0.1, -0.05) is 31.9 Å². The summed E-state index contributed by atoms with van der Waals surface area (Å²) in [7, 11) is 0. The Morgan fingerprint density at radius 1 is 1.32 bits per heavy atom. The summed E-state index contributed by atoms with van der Waals surface area (Å²) < 4.78 is 0. The molecule has 1 aromatic rings. The van der Waals surface area contributed by atoms with Crippen LogP contribution in [0.1, 0.15) is 38.2 Å². The van der Waals surface area contributed by atoms with Crippen molar-refractivity contribution in [2.24, 2.45) is 5.92 Å². The van der Waals surface area contributed by atoms with Gasteiger partial charge in [-0.2, -0.15) is 5.26 Å². The van der Waals surface area contributed by atoms with Gasteiger partial charge in [0.05, 0.1) is 0 Å². The topological polar surface area (TPSA) is 52.9 Å². The molecule has 0 radical (unpaired) electrons. The molecule has 0 spiro atoms. The molecule has 0 bridgehead atoms. The van der Waals surface area contributed by atoms with E-state index >= 15 is 0 Å². The third-order valence-electron chi connectivity index (χ3n) is 4.22. The van der Waals surface area contributed by atoms with Gasteiger partial charge in [-0.05, 0) is 48.8 Å². The highest BCUT2D eigenvalue weighted by Gasteiger charge is 2.23. The van der Waals surface area contributed by atoms with Gasteiger partial charge in [-0.25, -0.2) is 0 Å². The molecule has 0 heterocycles. The third-order valence-corrected chi connectivity index (χ3v) is 4.96. The van der Waals surface area contributed by atoms with Gasteiger partial charge in [-0.15, -0.1) is 11.8 Å². The predicted octanol–water partition coefficient (Wildman–Crippen LogP) is 4.01. The van der Waals surface area contributed by atoms with Gasteiger partial charge in [0.1, 0.15) is 11.6 Å². The number of thioether (sulfide) groups is 1. The molecule has 0 aromatic heterocycles. The van der Waals surface area contributed by atoms with Crippen LogP contribution in [0.15, 0.2) is 34.7 Å². The fourth-order valence-corrected chi connectivity index (χ4v) is 3.20. The van der Waals surface area contributed by atoms with Crippen LogP contribution in [0.3, 0.4) is 0 Å². The summed E-state index contributed by atoms with van der Waals surface area (Å²) in [6.45, 7) is 2.17. The summed E-state index contributed by atoms with van der Waals surface area (Å²) >= 11 is 1.67. The zero-order valence-electron chi connectivity index (χ0n) is 13.1. The molecular weight excluding hydrogens is 292 g/mol. The Hall–Kier alpha value is -1.73. The number of nitrogens with one attached hydrogen (secondary N) is 1. The average molecular weight is 314 g/mol. The maximum atomic E-state index is 12.3. The smallest absolute Gasteiger partial charge is 0.262 e. The molecule has 4 heteroatoms. The van der Waals surface area contributed by atoms with Gasteiger partial charge in [0.25, 0.3) is 5.91 Å². The minimum Gasteiger partial charge on any atom is -0.348 e. The van der Waals surface area contributed by atoms with Gasteiger partial charge in [0.2, 0.25) is 0 Å². The van der Waals surface area contributed by atoms with Crippen molar-refractivity contribution in [3.63, 3.8) is 0 Å². The Kier molecular flexibility index (Phi) is 6.09. The maximum absolute atomic E-state index is 12.3. The summed E-state index contributed by atoms with van der Waals surface area (Å²) in [5.41, 5.74) is 1.05. The van der Waals surface area contributed by atoms with Gasteiger partial charge in [0, 0.05) is 10.9 Å². The first-order valence-electron chi connectivity index (χ1n) is 7.70. The lowest BCUT2D eigenvalue weighted by molar-refractivity contribution is -0.118.